The van der Waals surface area contributed by atoms with Gasteiger partial charge in [-0.15, -0.1) is 0 Å². The monoisotopic (exact) mass is 627 g/mol. The summed E-state index contributed by atoms with van der Waals surface area (Å²) in [5, 5.41) is 18.9. The van der Waals surface area contributed by atoms with E-state index < -0.39 is 11.8 Å². The molecule has 1 N–H and O–H groups in total. The van der Waals surface area contributed by atoms with Crippen LogP contribution in [0.1, 0.15) is 52.3 Å². The number of carboxylic acids is 1. The zero-order valence-corrected chi connectivity index (χ0v) is 25.7. The van der Waals surface area contributed by atoms with Gasteiger partial charge in [-0.1, -0.05) is 6.07 Å². The van der Waals surface area contributed by atoms with E-state index in [0.717, 1.165) is 56.0 Å². The van der Waals surface area contributed by atoms with Gasteiger partial charge in [-0.2, -0.15) is 5.26 Å². The summed E-state index contributed by atoms with van der Waals surface area (Å²) in [5.41, 5.74) is 3.38. The van der Waals surface area contributed by atoms with Crippen molar-refractivity contribution in [2.75, 3.05) is 33.9 Å². The van der Waals surface area contributed by atoms with Crippen molar-refractivity contribution in [1.82, 2.24) is 19.4 Å². The van der Waals surface area contributed by atoms with Crippen LogP contribution in [-0.4, -0.2) is 70.5 Å². The van der Waals surface area contributed by atoms with E-state index in [9.17, 15) is 14.3 Å². The number of pyridine rings is 1. The van der Waals surface area contributed by atoms with E-state index >= 15 is 0 Å². The SMILES string of the molecule is COc1cc(C#N)ccc1COc1nc(C23CCN(Cc4nc5c(OC)cc(C(=O)O)cc5n4C[C@@H]4CCO4)CC2C3)ccc1F. The molecule has 3 aliphatic rings. The predicted molar refractivity (Wildman–Crippen MR) is 164 cm³/mol. The number of hydrogen-bond donors (Lipinski definition) is 1. The number of carboxylic acid groups (broad SMARTS) is 1. The van der Waals surface area contributed by atoms with Crippen molar-refractivity contribution in [2.24, 2.45) is 5.92 Å². The van der Waals surface area contributed by atoms with Crippen LogP contribution in [0.2, 0.25) is 0 Å². The van der Waals surface area contributed by atoms with Gasteiger partial charge in [-0.25, -0.2) is 19.2 Å². The first-order valence-corrected chi connectivity index (χ1v) is 15.3. The molecule has 4 heterocycles. The van der Waals surface area contributed by atoms with Crippen LogP contribution in [-0.2, 0) is 29.8 Å². The van der Waals surface area contributed by atoms with E-state index in [2.05, 4.69) is 20.5 Å². The van der Waals surface area contributed by atoms with Crippen LogP contribution in [0.4, 0.5) is 4.39 Å². The number of halogens is 1. The van der Waals surface area contributed by atoms with Crippen molar-refractivity contribution >= 4 is 17.0 Å². The summed E-state index contributed by atoms with van der Waals surface area (Å²) in [6, 6.07) is 13.5. The molecule has 2 saturated heterocycles. The minimum atomic E-state index is -1.02. The van der Waals surface area contributed by atoms with Crippen molar-refractivity contribution in [1.29, 1.82) is 5.26 Å². The lowest BCUT2D eigenvalue weighted by Gasteiger charge is -2.32. The summed E-state index contributed by atoms with van der Waals surface area (Å²) < 4.78 is 39.4. The number of benzene rings is 2. The van der Waals surface area contributed by atoms with Crippen molar-refractivity contribution in [3.8, 4) is 23.4 Å². The molecule has 2 unspecified atom stereocenters. The van der Waals surface area contributed by atoms with Gasteiger partial charge in [0.15, 0.2) is 5.82 Å². The maximum Gasteiger partial charge on any atom is 0.335 e. The molecule has 0 amide bonds. The number of rotatable bonds is 11. The molecule has 1 saturated carbocycles. The van der Waals surface area contributed by atoms with Gasteiger partial charge >= 0.3 is 5.97 Å². The lowest BCUT2D eigenvalue weighted by Crippen LogP contribution is -2.37. The van der Waals surface area contributed by atoms with Crippen LogP contribution >= 0.6 is 0 Å². The van der Waals surface area contributed by atoms with Gasteiger partial charge in [0.25, 0.3) is 5.88 Å². The van der Waals surface area contributed by atoms with Gasteiger partial charge in [-0.3, -0.25) is 4.90 Å². The highest BCUT2D eigenvalue weighted by Crippen LogP contribution is 2.59. The first-order chi connectivity index (χ1) is 22.3. The van der Waals surface area contributed by atoms with Crippen molar-refractivity contribution in [3.63, 3.8) is 0 Å². The largest absolute Gasteiger partial charge is 0.496 e. The predicted octanol–water partition coefficient (Wildman–Crippen LogP) is 4.69. The van der Waals surface area contributed by atoms with E-state index in [1.807, 2.05) is 0 Å². The molecule has 2 aliphatic heterocycles. The molecule has 2 aromatic carbocycles. The number of ether oxygens (including phenoxy) is 4. The molecule has 12 heteroatoms. The highest BCUT2D eigenvalue weighted by molar-refractivity contribution is 5.95. The van der Waals surface area contributed by atoms with E-state index in [-0.39, 0.29) is 29.6 Å². The lowest BCUT2D eigenvalue weighted by atomic mass is 9.91. The Morgan fingerprint density at radius 3 is 2.70 bits per heavy atom. The smallest absolute Gasteiger partial charge is 0.335 e. The first-order valence-electron chi connectivity index (χ1n) is 15.3. The molecular formula is C34H34FN5O6. The zero-order valence-electron chi connectivity index (χ0n) is 25.7. The Morgan fingerprint density at radius 2 is 2.00 bits per heavy atom. The molecular weight excluding hydrogens is 593 g/mol. The second-order valence-electron chi connectivity index (χ2n) is 12.2. The van der Waals surface area contributed by atoms with Gasteiger partial charge in [0.2, 0.25) is 0 Å². The van der Waals surface area contributed by atoms with Crippen molar-refractivity contribution in [3.05, 3.63) is 76.5 Å². The molecule has 1 aliphatic carbocycles. The van der Waals surface area contributed by atoms with E-state index in [1.54, 1.807) is 30.3 Å². The molecule has 7 rings (SSSR count). The number of piperidine rings is 1. The van der Waals surface area contributed by atoms with Crippen LogP contribution in [0, 0.1) is 23.1 Å². The van der Waals surface area contributed by atoms with E-state index in [1.165, 1.54) is 26.4 Å². The number of aromatic carboxylic acids is 1. The summed E-state index contributed by atoms with van der Waals surface area (Å²) in [5.74, 6) is 0.527. The third-order valence-corrected chi connectivity index (χ3v) is 9.60. The highest BCUT2D eigenvalue weighted by Gasteiger charge is 2.58. The Morgan fingerprint density at radius 1 is 1.17 bits per heavy atom. The van der Waals surface area contributed by atoms with Gasteiger partial charge < -0.3 is 28.6 Å². The summed E-state index contributed by atoms with van der Waals surface area (Å²) in [7, 11) is 3.04. The molecule has 238 valence electrons. The molecule has 0 radical (unpaired) electrons. The second-order valence-corrected chi connectivity index (χ2v) is 12.2. The minimum absolute atomic E-state index is 0.0482. The second kappa shape index (κ2) is 11.9. The van der Waals surface area contributed by atoms with Crippen LogP contribution in [0.3, 0.4) is 0 Å². The third kappa shape index (κ3) is 5.39. The van der Waals surface area contributed by atoms with Crippen LogP contribution in [0.25, 0.3) is 11.0 Å². The molecule has 46 heavy (non-hydrogen) atoms. The van der Waals surface area contributed by atoms with Crippen molar-refractivity contribution in [2.45, 2.75) is 50.5 Å². The lowest BCUT2D eigenvalue weighted by molar-refractivity contribution is -0.0592. The fraction of sp³-hybridized carbons (Fsp3) is 0.412. The summed E-state index contributed by atoms with van der Waals surface area (Å²) >= 11 is 0. The number of fused-ring (bicyclic) bond motifs is 2. The van der Waals surface area contributed by atoms with Crippen molar-refractivity contribution < 1.29 is 33.2 Å². The quantitative estimate of drug-likeness (QED) is 0.250. The average Bonchev–Trinajstić information content (AvgIpc) is 3.68. The Labute approximate surface area is 265 Å². The van der Waals surface area contributed by atoms with Crippen LogP contribution in [0.5, 0.6) is 17.4 Å². The Balaban J connectivity index is 1.08. The number of nitrogens with zero attached hydrogens (tertiary/aromatic N) is 5. The van der Waals surface area contributed by atoms with Gasteiger partial charge in [0.05, 0.1) is 61.8 Å². The Hall–Kier alpha value is -4.73. The molecule has 4 aromatic rings. The topological polar surface area (TPSA) is 132 Å². The molecule has 3 fully saturated rings. The Kier molecular flexibility index (Phi) is 7.74. The fourth-order valence-corrected chi connectivity index (χ4v) is 6.83. The van der Waals surface area contributed by atoms with E-state index in [0.29, 0.717) is 47.2 Å². The normalized spacial score (nSPS) is 22.0. The van der Waals surface area contributed by atoms with E-state index in [4.69, 9.17) is 29.2 Å². The van der Waals surface area contributed by atoms with Gasteiger partial charge in [0, 0.05) is 24.1 Å². The molecule has 2 aromatic heterocycles. The number of likely N-dealkylation sites (tertiary alicyclic amines) is 1. The average molecular weight is 628 g/mol. The number of methoxy groups -OCH3 is 2. The number of imidazole rings is 1. The third-order valence-electron chi connectivity index (χ3n) is 9.60. The number of hydrogen-bond acceptors (Lipinski definition) is 9. The summed E-state index contributed by atoms with van der Waals surface area (Å²) in [6.07, 6.45) is 2.82. The number of carbonyl (C=O) groups is 1. The first kappa shape index (κ1) is 30.0. The molecule has 3 atom stereocenters. The standard InChI is InChI=1S/C34H34FN5O6/c1-43-27-11-20(15-36)3-4-21(27)19-46-32-25(35)5-6-29(37-32)34-8-9-39(16-23(34)14-34)18-30-38-31-26(40(30)17-24-7-10-45-24)12-22(33(41)42)13-28(31)44-2/h3-6,11-13,23-24H,7-10,14,16-19H2,1-2H3,(H,41,42)/t23?,24-,34?/m0/s1. The highest BCUT2D eigenvalue weighted by atomic mass is 19.1. The Bertz CT molecular complexity index is 1870. The maximum atomic E-state index is 14.8. The summed E-state index contributed by atoms with van der Waals surface area (Å²) in [6.45, 7) is 3.60. The van der Waals surface area contributed by atoms with Gasteiger partial charge in [0.1, 0.15) is 29.4 Å². The summed E-state index contributed by atoms with van der Waals surface area (Å²) in [4.78, 5) is 23.8. The molecule has 11 nitrogen and oxygen atoms in total. The fourth-order valence-electron chi connectivity index (χ4n) is 6.83. The minimum Gasteiger partial charge on any atom is -0.496 e. The zero-order chi connectivity index (χ0) is 32.0. The van der Waals surface area contributed by atoms with Gasteiger partial charge in [-0.05, 0) is 68.1 Å². The van der Waals surface area contributed by atoms with Crippen LogP contribution < -0.4 is 14.2 Å². The molecule has 0 spiro atoms. The number of nitriles is 1. The van der Waals surface area contributed by atoms with Crippen LogP contribution in [0.15, 0.2) is 42.5 Å². The maximum absolute atomic E-state index is 14.8. The number of aromatic nitrogens is 3. The molecule has 0 bridgehead atoms.